The first kappa shape index (κ1) is 22.7. The third-order valence-corrected chi connectivity index (χ3v) is 9.26. The minimum absolute atomic E-state index is 0.825. The van der Waals surface area contributed by atoms with E-state index in [2.05, 4.69) is 13.8 Å². The molecular weight excluding hydrogens is 336 g/mol. The maximum absolute atomic E-state index is 2.33. The lowest BCUT2D eigenvalue weighted by Gasteiger charge is -2.61. The van der Waals surface area contributed by atoms with Crippen LogP contribution in [0.3, 0.4) is 0 Å². The van der Waals surface area contributed by atoms with Gasteiger partial charge >= 0.3 is 0 Å². The third-order valence-electron chi connectivity index (χ3n) is 9.26. The van der Waals surface area contributed by atoms with Gasteiger partial charge in [-0.3, -0.25) is 0 Å². The maximum atomic E-state index is 2.33. The molecule has 3 saturated carbocycles. The first-order valence-corrected chi connectivity index (χ1v) is 13.7. The summed E-state index contributed by atoms with van der Waals surface area (Å²) < 4.78 is 0. The molecule has 0 nitrogen and oxygen atoms in total. The second kappa shape index (κ2) is 11.4. The van der Waals surface area contributed by atoms with Crippen LogP contribution < -0.4 is 0 Å². The second-order valence-corrected chi connectivity index (χ2v) is 11.6. The van der Waals surface area contributed by atoms with Crippen LogP contribution in [-0.2, 0) is 0 Å². The van der Waals surface area contributed by atoms with Gasteiger partial charge in [-0.1, -0.05) is 90.9 Å². The van der Waals surface area contributed by atoms with Crippen LogP contribution in [0.1, 0.15) is 155 Å². The van der Waals surface area contributed by atoms with Crippen LogP contribution in [0.5, 0.6) is 0 Å². The molecule has 0 aliphatic heterocycles. The van der Waals surface area contributed by atoms with Crippen molar-refractivity contribution in [2.75, 3.05) is 0 Å². The standard InChI is InChI=1S/C28H52/c1-3-5-7-9-11-13-25-15-19-27(20-16-25)23-28(24-27)21-17-26(18-22-28)14-12-10-8-6-4-2/h25-26H,3-24H2,1-2H3. The van der Waals surface area contributed by atoms with Crippen LogP contribution in [-0.4, -0.2) is 0 Å². The quantitative estimate of drug-likeness (QED) is 0.292. The third kappa shape index (κ3) is 6.50. The first-order valence-electron chi connectivity index (χ1n) is 13.7. The fourth-order valence-electron chi connectivity index (χ4n) is 7.48. The van der Waals surface area contributed by atoms with Crippen LogP contribution in [0.25, 0.3) is 0 Å². The molecule has 0 N–H and O–H groups in total. The molecule has 0 aromatic carbocycles. The van der Waals surface area contributed by atoms with Gasteiger partial charge in [-0.2, -0.15) is 0 Å². The van der Waals surface area contributed by atoms with Crippen molar-refractivity contribution in [1.82, 2.24) is 0 Å². The number of rotatable bonds is 12. The first-order chi connectivity index (χ1) is 13.7. The molecule has 28 heavy (non-hydrogen) atoms. The van der Waals surface area contributed by atoms with Gasteiger partial charge in [0, 0.05) is 0 Å². The van der Waals surface area contributed by atoms with Crippen molar-refractivity contribution in [3.63, 3.8) is 0 Å². The Morgan fingerprint density at radius 2 is 0.857 bits per heavy atom. The van der Waals surface area contributed by atoms with Crippen LogP contribution >= 0.6 is 0 Å². The molecule has 0 heterocycles. The number of hydrogen-bond acceptors (Lipinski definition) is 0. The molecule has 0 bridgehead atoms. The van der Waals surface area contributed by atoms with E-state index in [1.807, 2.05) is 0 Å². The molecule has 3 rings (SSSR count). The molecule has 164 valence electrons. The lowest BCUT2D eigenvalue weighted by atomic mass is 9.44. The van der Waals surface area contributed by atoms with E-state index in [1.165, 1.54) is 64.2 Å². The molecular formula is C28H52. The lowest BCUT2D eigenvalue weighted by molar-refractivity contribution is -0.102. The summed E-state index contributed by atoms with van der Waals surface area (Å²) in [5.74, 6) is 2.18. The van der Waals surface area contributed by atoms with E-state index >= 15 is 0 Å². The summed E-state index contributed by atoms with van der Waals surface area (Å²) in [6, 6.07) is 0. The van der Waals surface area contributed by atoms with Crippen LogP contribution in [0.15, 0.2) is 0 Å². The van der Waals surface area contributed by atoms with Gasteiger partial charge in [0.25, 0.3) is 0 Å². The zero-order valence-corrected chi connectivity index (χ0v) is 19.7. The van der Waals surface area contributed by atoms with Gasteiger partial charge in [0.1, 0.15) is 0 Å². The highest BCUT2D eigenvalue weighted by atomic mass is 14.6. The van der Waals surface area contributed by atoms with Crippen molar-refractivity contribution in [2.24, 2.45) is 22.7 Å². The molecule has 0 heteroatoms. The molecule has 0 saturated heterocycles. The van der Waals surface area contributed by atoms with E-state index in [-0.39, 0.29) is 0 Å². The molecule has 0 aromatic rings. The summed E-state index contributed by atoms with van der Waals surface area (Å²) in [7, 11) is 0. The summed E-state index contributed by atoms with van der Waals surface area (Å²) in [4.78, 5) is 0. The maximum Gasteiger partial charge on any atom is -0.0287 e. The minimum Gasteiger partial charge on any atom is -0.0654 e. The average molecular weight is 389 g/mol. The van der Waals surface area contributed by atoms with Crippen molar-refractivity contribution >= 4 is 0 Å². The Morgan fingerprint density at radius 3 is 1.21 bits per heavy atom. The Kier molecular flexibility index (Phi) is 9.24. The van der Waals surface area contributed by atoms with Crippen molar-refractivity contribution in [3.8, 4) is 0 Å². The Hall–Kier alpha value is 0. The Morgan fingerprint density at radius 1 is 0.500 bits per heavy atom. The highest BCUT2D eigenvalue weighted by Gasteiger charge is 2.55. The van der Waals surface area contributed by atoms with Crippen molar-refractivity contribution in [2.45, 2.75) is 155 Å². The predicted molar refractivity (Wildman–Crippen MR) is 125 cm³/mol. The summed E-state index contributed by atoms with van der Waals surface area (Å²) in [6.07, 6.45) is 33.7. The fourth-order valence-corrected chi connectivity index (χ4v) is 7.48. The molecule has 0 amide bonds. The van der Waals surface area contributed by atoms with Gasteiger partial charge in [-0.15, -0.1) is 0 Å². The molecule has 0 aromatic heterocycles. The normalized spacial score (nSPS) is 35.4. The highest BCUT2D eigenvalue weighted by Crippen LogP contribution is 2.67. The van der Waals surface area contributed by atoms with Gasteiger partial charge in [-0.05, 0) is 86.9 Å². The predicted octanol–water partition coefficient (Wildman–Crippen LogP) is 9.85. The average Bonchev–Trinajstić information content (AvgIpc) is 2.69. The van der Waals surface area contributed by atoms with E-state index in [9.17, 15) is 0 Å². The largest absolute Gasteiger partial charge is 0.0654 e. The smallest absolute Gasteiger partial charge is 0.0287 e. The van der Waals surface area contributed by atoms with Crippen molar-refractivity contribution in [1.29, 1.82) is 0 Å². The molecule has 0 radical (unpaired) electrons. The zero-order chi connectivity index (χ0) is 19.7. The Bertz CT molecular complexity index is 358. The summed E-state index contributed by atoms with van der Waals surface area (Å²) in [5.41, 5.74) is 1.65. The molecule has 3 fully saturated rings. The number of hydrogen-bond donors (Lipinski definition) is 0. The summed E-state index contributed by atoms with van der Waals surface area (Å²) in [5, 5.41) is 0. The van der Waals surface area contributed by atoms with E-state index < -0.39 is 0 Å². The second-order valence-electron chi connectivity index (χ2n) is 11.6. The zero-order valence-electron chi connectivity index (χ0n) is 19.7. The molecule has 2 spiro atoms. The Balaban J connectivity index is 1.26. The topological polar surface area (TPSA) is 0 Å². The summed E-state index contributed by atoms with van der Waals surface area (Å²) in [6.45, 7) is 4.65. The molecule has 0 unspecified atom stereocenters. The van der Waals surface area contributed by atoms with Crippen LogP contribution in [0, 0.1) is 22.7 Å². The van der Waals surface area contributed by atoms with Crippen LogP contribution in [0.4, 0.5) is 0 Å². The van der Waals surface area contributed by atoms with Crippen LogP contribution in [0.2, 0.25) is 0 Å². The van der Waals surface area contributed by atoms with E-state index in [4.69, 9.17) is 0 Å². The minimum atomic E-state index is 0.825. The molecule has 0 atom stereocenters. The van der Waals surface area contributed by atoms with Gasteiger partial charge in [0.15, 0.2) is 0 Å². The SMILES string of the molecule is CCCCCCCC1CCC2(CC1)CC1(CCC(CCCCCCC)CC1)C2. The highest BCUT2D eigenvalue weighted by molar-refractivity contribution is 5.06. The monoisotopic (exact) mass is 388 g/mol. The van der Waals surface area contributed by atoms with Crippen molar-refractivity contribution in [3.05, 3.63) is 0 Å². The van der Waals surface area contributed by atoms with E-state index in [0.717, 1.165) is 22.7 Å². The molecule has 3 aliphatic carbocycles. The lowest BCUT2D eigenvalue weighted by Crippen LogP contribution is -2.49. The number of unbranched alkanes of at least 4 members (excludes halogenated alkanes) is 8. The fraction of sp³-hybridized carbons (Fsp3) is 1.00. The van der Waals surface area contributed by atoms with Gasteiger partial charge in [-0.25, -0.2) is 0 Å². The van der Waals surface area contributed by atoms with E-state index in [1.54, 1.807) is 77.0 Å². The van der Waals surface area contributed by atoms with Gasteiger partial charge in [0.05, 0.1) is 0 Å². The van der Waals surface area contributed by atoms with Gasteiger partial charge in [0.2, 0.25) is 0 Å². The van der Waals surface area contributed by atoms with Crippen molar-refractivity contribution < 1.29 is 0 Å². The van der Waals surface area contributed by atoms with Gasteiger partial charge < -0.3 is 0 Å². The Labute approximate surface area is 178 Å². The summed E-state index contributed by atoms with van der Waals surface area (Å²) >= 11 is 0. The van der Waals surface area contributed by atoms with E-state index in [0.29, 0.717) is 0 Å². The molecule has 3 aliphatic rings.